The topological polar surface area (TPSA) is 32.3 Å². The number of phenolic OH excluding ortho intramolecular Hbond substituents is 1. The Balaban J connectivity index is 2.10. The van der Waals surface area contributed by atoms with Gasteiger partial charge in [0.05, 0.1) is 6.04 Å². The van der Waals surface area contributed by atoms with Crippen molar-refractivity contribution in [1.82, 2.24) is 0 Å². The number of benzene rings is 2. The summed E-state index contributed by atoms with van der Waals surface area (Å²) < 4.78 is 0. The fourth-order valence-corrected chi connectivity index (χ4v) is 2.40. The molecule has 2 nitrogen and oxygen atoms in total. The third kappa shape index (κ3) is 3.53. The van der Waals surface area contributed by atoms with Gasteiger partial charge >= 0.3 is 0 Å². The zero-order chi connectivity index (χ0) is 14.5. The molecule has 0 aliphatic carbocycles. The summed E-state index contributed by atoms with van der Waals surface area (Å²) in [5.74, 6) is 0.346. The maximum atomic E-state index is 9.96. The maximum absolute atomic E-state index is 9.96. The zero-order valence-electron chi connectivity index (χ0n) is 12.5. The minimum absolute atomic E-state index is 0.0759. The minimum atomic E-state index is 0.0759. The fourth-order valence-electron chi connectivity index (χ4n) is 2.40. The number of anilines is 1. The smallest absolute Gasteiger partial charge is 0.120 e. The van der Waals surface area contributed by atoms with Crippen LogP contribution in [0, 0.1) is 6.92 Å². The molecule has 1 unspecified atom stereocenters. The van der Waals surface area contributed by atoms with Gasteiger partial charge in [-0.2, -0.15) is 0 Å². The Morgan fingerprint density at radius 3 is 2.45 bits per heavy atom. The molecule has 0 bridgehead atoms. The SMILES string of the molecule is CCCc1ccc(NC(C)c2cc(C)ccc2O)cc1. The van der Waals surface area contributed by atoms with Crippen molar-refractivity contribution in [2.75, 3.05) is 5.32 Å². The summed E-state index contributed by atoms with van der Waals surface area (Å²) in [6.07, 6.45) is 2.29. The van der Waals surface area contributed by atoms with Crippen LogP contribution >= 0.6 is 0 Å². The van der Waals surface area contributed by atoms with E-state index < -0.39 is 0 Å². The van der Waals surface area contributed by atoms with Gasteiger partial charge in [-0.05, 0) is 44.0 Å². The van der Waals surface area contributed by atoms with Crippen LogP contribution in [0.2, 0.25) is 0 Å². The van der Waals surface area contributed by atoms with Crippen LogP contribution in [0.4, 0.5) is 5.69 Å². The molecule has 0 fully saturated rings. The van der Waals surface area contributed by atoms with Gasteiger partial charge in [0.1, 0.15) is 5.75 Å². The first kappa shape index (κ1) is 14.4. The number of aryl methyl sites for hydroxylation is 2. The summed E-state index contributed by atoms with van der Waals surface area (Å²) in [6, 6.07) is 14.3. The lowest BCUT2D eigenvalue weighted by molar-refractivity contribution is 0.465. The molecule has 0 aromatic heterocycles. The van der Waals surface area contributed by atoms with Crippen LogP contribution in [0.15, 0.2) is 42.5 Å². The van der Waals surface area contributed by atoms with Crippen molar-refractivity contribution in [3.63, 3.8) is 0 Å². The lowest BCUT2D eigenvalue weighted by Gasteiger charge is -2.17. The Morgan fingerprint density at radius 1 is 1.10 bits per heavy atom. The Morgan fingerprint density at radius 2 is 1.80 bits per heavy atom. The average Bonchev–Trinajstić information content (AvgIpc) is 2.44. The molecule has 2 aromatic carbocycles. The lowest BCUT2D eigenvalue weighted by Crippen LogP contribution is -2.07. The van der Waals surface area contributed by atoms with Crippen LogP contribution in [0.3, 0.4) is 0 Å². The van der Waals surface area contributed by atoms with Crippen LogP contribution < -0.4 is 5.32 Å². The molecule has 0 radical (unpaired) electrons. The van der Waals surface area contributed by atoms with Crippen LogP contribution in [0.1, 0.15) is 43.0 Å². The minimum Gasteiger partial charge on any atom is -0.508 e. The van der Waals surface area contributed by atoms with Crippen molar-refractivity contribution in [2.45, 2.75) is 39.7 Å². The summed E-state index contributed by atoms with van der Waals surface area (Å²) in [5, 5.41) is 13.4. The third-order valence-corrected chi connectivity index (χ3v) is 3.53. The van der Waals surface area contributed by atoms with Gasteiger partial charge in [-0.15, -0.1) is 0 Å². The van der Waals surface area contributed by atoms with E-state index in [1.54, 1.807) is 6.07 Å². The highest BCUT2D eigenvalue weighted by Crippen LogP contribution is 2.27. The van der Waals surface area contributed by atoms with Crippen LogP contribution in [-0.2, 0) is 6.42 Å². The fraction of sp³-hybridized carbons (Fsp3) is 0.333. The molecule has 2 N–H and O–H groups in total. The normalized spacial score (nSPS) is 12.2. The van der Waals surface area contributed by atoms with Crippen molar-refractivity contribution >= 4 is 5.69 Å². The molecule has 0 aliphatic heterocycles. The number of phenols is 1. The standard InChI is InChI=1S/C18H23NO/c1-4-5-15-7-9-16(10-8-15)19-14(3)17-12-13(2)6-11-18(17)20/h6-12,14,19-20H,4-5H2,1-3H3. The molecule has 20 heavy (non-hydrogen) atoms. The van der Waals surface area contributed by atoms with E-state index in [9.17, 15) is 5.11 Å². The second-order valence-electron chi connectivity index (χ2n) is 5.38. The number of nitrogens with one attached hydrogen (secondary N) is 1. The molecule has 0 spiro atoms. The monoisotopic (exact) mass is 269 g/mol. The highest BCUT2D eigenvalue weighted by Gasteiger charge is 2.10. The van der Waals surface area contributed by atoms with Gasteiger partial charge in [0.2, 0.25) is 0 Å². The molecular weight excluding hydrogens is 246 g/mol. The van der Waals surface area contributed by atoms with E-state index in [1.807, 2.05) is 19.1 Å². The maximum Gasteiger partial charge on any atom is 0.120 e. The van der Waals surface area contributed by atoms with Crippen LogP contribution in [0.25, 0.3) is 0 Å². The molecule has 2 rings (SSSR count). The van der Waals surface area contributed by atoms with E-state index in [2.05, 4.69) is 43.4 Å². The summed E-state index contributed by atoms with van der Waals surface area (Å²) in [4.78, 5) is 0. The predicted octanol–water partition coefficient (Wildman–Crippen LogP) is 4.83. The van der Waals surface area contributed by atoms with Gasteiger partial charge in [0.15, 0.2) is 0 Å². The van der Waals surface area contributed by atoms with Gasteiger partial charge in [0.25, 0.3) is 0 Å². The Hall–Kier alpha value is -1.96. The van der Waals surface area contributed by atoms with Crippen molar-refractivity contribution < 1.29 is 5.11 Å². The second-order valence-corrected chi connectivity index (χ2v) is 5.38. The van der Waals surface area contributed by atoms with E-state index in [-0.39, 0.29) is 6.04 Å². The van der Waals surface area contributed by atoms with E-state index >= 15 is 0 Å². The van der Waals surface area contributed by atoms with Crippen LogP contribution in [-0.4, -0.2) is 5.11 Å². The van der Waals surface area contributed by atoms with Gasteiger partial charge in [-0.1, -0.05) is 43.2 Å². The molecular formula is C18H23NO. The van der Waals surface area contributed by atoms with Crippen molar-refractivity contribution in [3.05, 3.63) is 59.2 Å². The highest BCUT2D eigenvalue weighted by atomic mass is 16.3. The average molecular weight is 269 g/mol. The van der Waals surface area contributed by atoms with Crippen LogP contribution in [0.5, 0.6) is 5.75 Å². The molecule has 1 atom stereocenters. The molecule has 2 aromatic rings. The van der Waals surface area contributed by atoms with Gasteiger partial charge in [-0.3, -0.25) is 0 Å². The van der Waals surface area contributed by atoms with E-state index in [0.29, 0.717) is 5.75 Å². The first-order valence-electron chi connectivity index (χ1n) is 7.25. The summed E-state index contributed by atoms with van der Waals surface area (Å²) in [7, 11) is 0. The third-order valence-electron chi connectivity index (χ3n) is 3.53. The first-order valence-corrected chi connectivity index (χ1v) is 7.25. The summed E-state index contributed by atoms with van der Waals surface area (Å²) >= 11 is 0. The largest absolute Gasteiger partial charge is 0.508 e. The Bertz CT molecular complexity index is 560. The number of hydrogen-bond acceptors (Lipinski definition) is 2. The Kier molecular flexibility index (Phi) is 4.67. The van der Waals surface area contributed by atoms with E-state index in [4.69, 9.17) is 0 Å². The van der Waals surface area contributed by atoms with Gasteiger partial charge in [-0.25, -0.2) is 0 Å². The molecule has 0 heterocycles. The van der Waals surface area contributed by atoms with Crippen molar-refractivity contribution in [2.24, 2.45) is 0 Å². The first-order chi connectivity index (χ1) is 9.60. The molecule has 0 saturated carbocycles. The second kappa shape index (κ2) is 6.47. The molecule has 106 valence electrons. The van der Waals surface area contributed by atoms with Crippen molar-refractivity contribution in [1.29, 1.82) is 0 Å². The molecule has 0 amide bonds. The van der Waals surface area contributed by atoms with E-state index in [0.717, 1.165) is 23.2 Å². The molecule has 0 aliphatic rings. The summed E-state index contributed by atoms with van der Waals surface area (Å²) in [5.41, 5.74) is 4.54. The number of hydrogen-bond donors (Lipinski definition) is 2. The quantitative estimate of drug-likeness (QED) is 0.815. The van der Waals surface area contributed by atoms with E-state index in [1.165, 1.54) is 12.0 Å². The molecule has 0 saturated heterocycles. The highest BCUT2D eigenvalue weighted by molar-refractivity contribution is 5.49. The van der Waals surface area contributed by atoms with Crippen molar-refractivity contribution in [3.8, 4) is 5.75 Å². The predicted molar refractivity (Wildman–Crippen MR) is 85.3 cm³/mol. The van der Waals surface area contributed by atoms with Gasteiger partial charge in [0, 0.05) is 11.3 Å². The number of rotatable bonds is 5. The number of aromatic hydroxyl groups is 1. The summed E-state index contributed by atoms with van der Waals surface area (Å²) in [6.45, 7) is 6.29. The zero-order valence-corrected chi connectivity index (χ0v) is 12.5. The lowest BCUT2D eigenvalue weighted by atomic mass is 10.0. The van der Waals surface area contributed by atoms with Gasteiger partial charge < -0.3 is 10.4 Å². The Labute approximate surface area is 121 Å². The molecule has 2 heteroatoms.